The van der Waals surface area contributed by atoms with Gasteiger partial charge in [0.25, 0.3) is 0 Å². The van der Waals surface area contributed by atoms with Crippen LogP contribution >= 0.6 is 0 Å². The second-order valence-electron chi connectivity index (χ2n) is 4.21. The molecule has 6 nitrogen and oxygen atoms in total. The molecule has 0 bridgehead atoms. The molecule has 0 aromatic carbocycles. The lowest BCUT2D eigenvalue weighted by molar-refractivity contribution is -0.146. The Kier molecular flexibility index (Phi) is 6.04. The number of hydrogen-bond donors (Lipinski definition) is 0. The SMILES string of the molecule is CCOCCS(=O)(=O)N1CCC(C(=O)OC)CC1. The Labute approximate surface area is 108 Å². The van der Waals surface area contributed by atoms with E-state index < -0.39 is 10.0 Å². The van der Waals surface area contributed by atoms with Crippen LogP contribution in [-0.4, -0.2) is 57.9 Å². The van der Waals surface area contributed by atoms with Gasteiger partial charge in [0.2, 0.25) is 10.0 Å². The molecular formula is C11H21NO5S. The summed E-state index contributed by atoms with van der Waals surface area (Å²) in [5.74, 6) is -0.418. The van der Waals surface area contributed by atoms with Gasteiger partial charge in [-0.25, -0.2) is 12.7 Å². The number of nitrogens with zero attached hydrogens (tertiary/aromatic N) is 1. The molecule has 0 atom stereocenters. The number of carbonyl (C=O) groups excluding carboxylic acids is 1. The summed E-state index contributed by atoms with van der Waals surface area (Å²) in [5.41, 5.74) is 0. The van der Waals surface area contributed by atoms with Crippen molar-refractivity contribution in [2.24, 2.45) is 5.92 Å². The highest BCUT2D eigenvalue weighted by Crippen LogP contribution is 2.20. The van der Waals surface area contributed by atoms with Gasteiger partial charge in [-0.2, -0.15) is 0 Å². The molecule has 7 heteroatoms. The maximum Gasteiger partial charge on any atom is 0.308 e. The van der Waals surface area contributed by atoms with E-state index in [-0.39, 0.29) is 24.2 Å². The molecule has 0 radical (unpaired) electrons. The van der Waals surface area contributed by atoms with Gasteiger partial charge in [-0.1, -0.05) is 0 Å². The minimum atomic E-state index is -3.26. The average molecular weight is 279 g/mol. The number of carbonyl (C=O) groups is 1. The van der Waals surface area contributed by atoms with Gasteiger partial charge in [0.05, 0.1) is 25.4 Å². The van der Waals surface area contributed by atoms with Gasteiger partial charge in [0, 0.05) is 19.7 Å². The molecule has 1 heterocycles. The van der Waals surface area contributed by atoms with E-state index in [0.717, 1.165) is 0 Å². The van der Waals surface area contributed by atoms with E-state index in [9.17, 15) is 13.2 Å². The molecule has 0 unspecified atom stereocenters. The fourth-order valence-electron chi connectivity index (χ4n) is 1.97. The molecule has 0 aromatic heterocycles. The number of piperidine rings is 1. The number of hydrogen-bond acceptors (Lipinski definition) is 5. The summed E-state index contributed by atoms with van der Waals surface area (Å²) in [7, 11) is -1.90. The third-order valence-corrected chi connectivity index (χ3v) is 4.91. The quantitative estimate of drug-likeness (QED) is 0.514. The van der Waals surface area contributed by atoms with Crippen LogP contribution in [0, 0.1) is 5.92 Å². The van der Waals surface area contributed by atoms with Gasteiger partial charge < -0.3 is 9.47 Å². The van der Waals surface area contributed by atoms with E-state index in [1.54, 1.807) is 0 Å². The molecule has 1 saturated heterocycles. The highest BCUT2D eigenvalue weighted by Gasteiger charge is 2.31. The van der Waals surface area contributed by atoms with Crippen molar-refractivity contribution in [3.8, 4) is 0 Å². The maximum atomic E-state index is 11.9. The number of ether oxygens (including phenoxy) is 2. The van der Waals surface area contributed by atoms with Crippen LogP contribution in [0.4, 0.5) is 0 Å². The Hall–Kier alpha value is -0.660. The normalized spacial score (nSPS) is 18.8. The molecule has 0 aromatic rings. The molecule has 18 heavy (non-hydrogen) atoms. The zero-order chi connectivity index (χ0) is 13.6. The lowest BCUT2D eigenvalue weighted by Gasteiger charge is -2.29. The van der Waals surface area contributed by atoms with Crippen molar-refractivity contribution < 1.29 is 22.7 Å². The third-order valence-electron chi connectivity index (χ3n) is 3.07. The summed E-state index contributed by atoms with van der Waals surface area (Å²) < 4.78 is 35.0. The van der Waals surface area contributed by atoms with Gasteiger partial charge in [-0.05, 0) is 19.8 Å². The average Bonchev–Trinajstić information content (AvgIpc) is 2.38. The predicted molar refractivity (Wildman–Crippen MR) is 66.6 cm³/mol. The molecular weight excluding hydrogens is 258 g/mol. The van der Waals surface area contributed by atoms with E-state index in [1.165, 1.54) is 11.4 Å². The third kappa shape index (κ3) is 4.22. The van der Waals surface area contributed by atoms with E-state index in [4.69, 9.17) is 4.74 Å². The van der Waals surface area contributed by atoms with Crippen LogP contribution in [0.5, 0.6) is 0 Å². The second kappa shape index (κ2) is 7.06. The summed E-state index contributed by atoms with van der Waals surface area (Å²) in [6, 6.07) is 0. The molecule has 0 spiro atoms. The highest BCUT2D eigenvalue weighted by atomic mass is 32.2. The molecule has 1 fully saturated rings. The summed E-state index contributed by atoms with van der Waals surface area (Å²) in [4.78, 5) is 11.3. The zero-order valence-corrected chi connectivity index (χ0v) is 11.7. The number of sulfonamides is 1. The molecule has 0 saturated carbocycles. The smallest absolute Gasteiger partial charge is 0.308 e. The first kappa shape index (κ1) is 15.4. The Morgan fingerprint density at radius 1 is 1.33 bits per heavy atom. The Bertz CT molecular complexity index is 360. The predicted octanol–water partition coefficient (Wildman–Crippen LogP) is 0.238. The maximum absolute atomic E-state index is 11.9. The van der Waals surface area contributed by atoms with Crippen molar-refractivity contribution in [2.75, 3.05) is 39.2 Å². The first-order chi connectivity index (χ1) is 8.51. The first-order valence-corrected chi connectivity index (χ1v) is 7.75. The van der Waals surface area contributed by atoms with E-state index in [2.05, 4.69) is 4.74 Å². The van der Waals surface area contributed by atoms with Gasteiger partial charge in [0.1, 0.15) is 0 Å². The lowest BCUT2D eigenvalue weighted by atomic mass is 9.99. The Morgan fingerprint density at radius 2 is 1.94 bits per heavy atom. The molecule has 1 aliphatic rings. The van der Waals surface area contributed by atoms with E-state index in [1.807, 2.05) is 6.92 Å². The number of methoxy groups -OCH3 is 1. The molecule has 0 amide bonds. The summed E-state index contributed by atoms with van der Waals surface area (Å²) >= 11 is 0. The van der Waals surface area contributed by atoms with Crippen molar-refractivity contribution in [3.05, 3.63) is 0 Å². The van der Waals surface area contributed by atoms with Crippen molar-refractivity contribution >= 4 is 16.0 Å². The van der Waals surface area contributed by atoms with Crippen LogP contribution in [-0.2, 0) is 24.3 Å². The standard InChI is InChI=1S/C11H21NO5S/c1-3-17-8-9-18(14,15)12-6-4-10(5-7-12)11(13)16-2/h10H,3-9H2,1-2H3. The molecule has 106 valence electrons. The largest absolute Gasteiger partial charge is 0.469 e. The van der Waals surface area contributed by atoms with Crippen molar-refractivity contribution in [1.82, 2.24) is 4.31 Å². The Morgan fingerprint density at radius 3 is 2.44 bits per heavy atom. The lowest BCUT2D eigenvalue weighted by Crippen LogP contribution is -2.42. The summed E-state index contributed by atoms with van der Waals surface area (Å²) in [6.45, 7) is 3.33. The minimum absolute atomic E-state index is 0.00370. The molecule has 0 aliphatic carbocycles. The van der Waals surface area contributed by atoms with Crippen LogP contribution < -0.4 is 0 Å². The van der Waals surface area contributed by atoms with Crippen molar-refractivity contribution in [1.29, 1.82) is 0 Å². The fourth-order valence-corrected chi connectivity index (χ4v) is 3.33. The van der Waals surface area contributed by atoms with Crippen LogP contribution in [0.1, 0.15) is 19.8 Å². The van der Waals surface area contributed by atoms with E-state index in [0.29, 0.717) is 32.5 Å². The van der Waals surface area contributed by atoms with Gasteiger partial charge in [0.15, 0.2) is 0 Å². The number of esters is 1. The van der Waals surface area contributed by atoms with Gasteiger partial charge in [-0.3, -0.25) is 4.79 Å². The zero-order valence-electron chi connectivity index (χ0n) is 10.9. The van der Waals surface area contributed by atoms with E-state index >= 15 is 0 Å². The molecule has 1 aliphatic heterocycles. The summed E-state index contributed by atoms with van der Waals surface area (Å²) in [6.07, 6.45) is 1.06. The van der Waals surface area contributed by atoms with Crippen LogP contribution in [0.15, 0.2) is 0 Å². The first-order valence-electron chi connectivity index (χ1n) is 6.14. The van der Waals surface area contributed by atoms with Crippen LogP contribution in [0.3, 0.4) is 0 Å². The highest BCUT2D eigenvalue weighted by molar-refractivity contribution is 7.89. The topological polar surface area (TPSA) is 72.9 Å². The molecule has 0 N–H and O–H groups in total. The van der Waals surface area contributed by atoms with Crippen molar-refractivity contribution in [2.45, 2.75) is 19.8 Å². The monoisotopic (exact) mass is 279 g/mol. The fraction of sp³-hybridized carbons (Fsp3) is 0.909. The van der Waals surface area contributed by atoms with Gasteiger partial charge >= 0.3 is 5.97 Å². The summed E-state index contributed by atoms with van der Waals surface area (Å²) in [5, 5.41) is 0. The number of rotatable bonds is 6. The second-order valence-corrected chi connectivity index (χ2v) is 6.30. The molecule has 1 rings (SSSR count). The van der Waals surface area contributed by atoms with Crippen LogP contribution in [0.2, 0.25) is 0 Å². The van der Waals surface area contributed by atoms with Crippen LogP contribution in [0.25, 0.3) is 0 Å². The Balaban J connectivity index is 2.44. The van der Waals surface area contributed by atoms with Gasteiger partial charge in [-0.15, -0.1) is 0 Å². The minimum Gasteiger partial charge on any atom is -0.469 e. The van der Waals surface area contributed by atoms with Crippen molar-refractivity contribution in [3.63, 3.8) is 0 Å².